The minimum absolute atomic E-state index is 0.431. The van der Waals surface area contributed by atoms with E-state index < -0.39 is 7.76 Å². The third kappa shape index (κ3) is 3.43. The fraction of sp³-hybridized carbons (Fsp3) is 0.125. The van der Waals surface area contributed by atoms with Crippen LogP contribution in [-0.2, 0) is 0 Å². The van der Waals surface area contributed by atoms with Gasteiger partial charge in [0, 0.05) is 0 Å². The standard InChI is InChI=1S/C32H27N4O4S2Si/c1-37-25-13-15-27-29(19-25)39-43(33-21-41,34-22-42)35(31(27)23-9-5-3-6-10-23)17-18-36(43)32(24-11-7-4-8-12-24)28-16-14-26(38-2)20-30(28)40-43/h3-16,19-20,41H,17-18H2,1-2H3/q+1. The summed E-state index contributed by atoms with van der Waals surface area (Å²) in [7, 11) is -2.97. The first-order valence-corrected chi connectivity index (χ1v) is 17.1. The van der Waals surface area contributed by atoms with Crippen LogP contribution in [-0.4, -0.2) is 60.1 Å². The normalized spacial score (nSPS) is 19.3. The van der Waals surface area contributed by atoms with Crippen LogP contribution in [0.15, 0.2) is 102 Å². The zero-order valence-electron chi connectivity index (χ0n) is 23.4. The average molecular weight is 624 g/mol. The molecule has 0 aliphatic carbocycles. The monoisotopic (exact) mass is 623 g/mol. The van der Waals surface area contributed by atoms with Crippen LogP contribution < -0.4 is 18.3 Å². The predicted molar refractivity (Wildman–Crippen MR) is 174 cm³/mol. The molecule has 7 rings (SSSR count). The van der Waals surface area contributed by atoms with E-state index in [-0.39, 0.29) is 0 Å². The van der Waals surface area contributed by atoms with Gasteiger partial charge in [-0.05, 0) is 0 Å². The Morgan fingerprint density at radius 1 is 0.767 bits per heavy atom. The van der Waals surface area contributed by atoms with Crippen molar-refractivity contribution in [3.63, 3.8) is 0 Å². The Labute approximate surface area is 259 Å². The van der Waals surface area contributed by atoms with Gasteiger partial charge < -0.3 is 0 Å². The topological polar surface area (TPSA) is 59.7 Å². The van der Waals surface area contributed by atoms with Gasteiger partial charge >= 0.3 is 260 Å². The molecule has 0 aromatic heterocycles. The van der Waals surface area contributed by atoms with Crippen LogP contribution in [0, 0.1) is 5.40 Å². The fourth-order valence-electron chi connectivity index (χ4n) is 6.75. The van der Waals surface area contributed by atoms with Crippen LogP contribution in [0.4, 0.5) is 0 Å². The number of benzene rings is 4. The molecule has 214 valence electrons. The van der Waals surface area contributed by atoms with Crippen LogP contribution in [0.5, 0.6) is 23.0 Å². The molecule has 4 aromatic rings. The van der Waals surface area contributed by atoms with Crippen molar-refractivity contribution in [3.8, 4) is 28.4 Å². The number of isothiocyanates is 1. The summed E-state index contributed by atoms with van der Waals surface area (Å²) in [5.74, 6) is 2.12. The predicted octanol–water partition coefficient (Wildman–Crippen LogP) is 5.56. The number of nitrogens with zero attached hydrogens (tertiary/aromatic N) is 4. The van der Waals surface area contributed by atoms with Gasteiger partial charge in [0.1, 0.15) is 0 Å². The summed E-state index contributed by atoms with van der Waals surface area (Å²) in [6.45, 7) is 0.863. The number of thiocarbonyl (C=S) groups is 1. The first kappa shape index (κ1) is 27.1. The van der Waals surface area contributed by atoms with Gasteiger partial charge in [0.25, 0.3) is 0 Å². The van der Waals surface area contributed by atoms with E-state index in [0.29, 0.717) is 36.1 Å². The zero-order valence-corrected chi connectivity index (χ0v) is 26.1. The molecule has 1 fully saturated rings. The Hall–Kier alpha value is -4.72. The quantitative estimate of drug-likeness (QED) is 0.104. The molecule has 3 heterocycles. The molecule has 43 heavy (non-hydrogen) atoms. The molecule has 11 heteroatoms. The van der Waals surface area contributed by atoms with Crippen molar-refractivity contribution in [1.29, 1.82) is 0 Å². The van der Waals surface area contributed by atoms with E-state index in [9.17, 15) is 0 Å². The maximum atomic E-state index is 7.33. The third-order valence-corrected chi connectivity index (χ3v) is 14.8. The Balaban J connectivity index is 1.77. The molecule has 3 aliphatic heterocycles. The number of methoxy groups -OCH3 is 2. The molecule has 0 amide bonds. The SMILES string of the molecule is COc1ccc2c(c1)O[Si-2]13(N=C=S)([N+]#CS)Oc4cc(OC)ccc4C(c4ccccc4)=[N+]1CC[N+]3=C2c1ccccc1. The Morgan fingerprint density at radius 2 is 1.23 bits per heavy atom. The number of fused-ring (bicyclic) bond motifs is 2. The number of hydrogen-bond donors (Lipinski definition) is 1. The summed E-state index contributed by atoms with van der Waals surface area (Å²) in [6, 6.07) is 31.5. The molecular formula is C32H27N4O4S2Si+. The number of rotatable bonds is 5. The maximum absolute atomic E-state index is 7.33. The summed E-state index contributed by atoms with van der Waals surface area (Å²) in [4.78, 5) is 0. The molecule has 0 N–H and O–H groups in total. The fourth-order valence-corrected chi connectivity index (χ4v) is 13.8. The van der Waals surface area contributed by atoms with E-state index in [0.717, 1.165) is 33.7 Å². The van der Waals surface area contributed by atoms with Gasteiger partial charge in [0.05, 0.1) is 0 Å². The number of ether oxygens (including phenoxy) is 2. The van der Waals surface area contributed by atoms with Crippen molar-refractivity contribution in [2.24, 2.45) is 4.66 Å². The molecule has 4 aromatic carbocycles. The van der Waals surface area contributed by atoms with Crippen LogP contribution >= 0.6 is 24.8 Å². The number of hydrogen-bond acceptors (Lipinski definition) is 7. The van der Waals surface area contributed by atoms with Crippen molar-refractivity contribution >= 4 is 49.2 Å². The number of thiocyanates is 1. The van der Waals surface area contributed by atoms with Crippen LogP contribution in [0.3, 0.4) is 0 Å². The van der Waals surface area contributed by atoms with Gasteiger partial charge in [-0.1, -0.05) is 0 Å². The number of thiol groups is 1. The van der Waals surface area contributed by atoms with Gasteiger partial charge in [-0.3, -0.25) is 0 Å². The van der Waals surface area contributed by atoms with E-state index in [1.54, 1.807) is 14.2 Å². The molecule has 1 saturated heterocycles. The summed E-state index contributed by atoms with van der Waals surface area (Å²) in [5, 5.41) is 5.43. The van der Waals surface area contributed by atoms with Crippen LogP contribution in [0.1, 0.15) is 22.3 Å². The summed E-state index contributed by atoms with van der Waals surface area (Å²) in [6.07, 6.45) is 0. The van der Waals surface area contributed by atoms with Crippen molar-refractivity contribution in [2.45, 2.75) is 0 Å². The summed E-state index contributed by atoms with van der Waals surface area (Å²) >= 11 is 9.87. The van der Waals surface area contributed by atoms with Crippen molar-refractivity contribution < 1.29 is 26.8 Å². The van der Waals surface area contributed by atoms with Gasteiger partial charge in [-0.25, -0.2) is 0 Å². The summed E-state index contributed by atoms with van der Waals surface area (Å²) < 4.78 is 40.1. The molecule has 0 radical (unpaired) electrons. The van der Waals surface area contributed by atoms with E-state index in [1.807, 2.05) is 106 Å². The second-order valence-corrected chi connectivity index (χ2v) is 15.6. The molecule has 1 spiro atoms. The minimum atomic E-state index is -6.19. The molecule has 3 aliphatic rings. The van der Waals surface area contributed by atoms with Gasteiger partial charge in [-0.15, -0.1) is 0 Å². The molecule has 0 bridgehead atoms. The van der Waals surface area contributed by atoms with Crippen LogP contribution in [0.25, 0.3) is 4.51 Å². The van der Waals surface area contributed by atoms with E-state index in [1.165, 1.54) is 0 Å². The molecular weight excluding hydrogens is 597 g/mol. The van der Waals surface area contributed by atoms with Gasteiger partial charge in [-0.2, -0.15) is 0 Å². The second-order valence-electron chi connectivity index (χ2n) is 10.5. The van der Waals surface area contributed by atoms with E-state index in [4.69, 9.17) is 39.7 Å². The molecule has 8 nitrogen and oxygen atoms in total. The first-order valence-electron chi connectivity index (χ1n) is 13.7. The van der Waals surface area contributed by atoms with Crippen LogP contribution in [0.2, 0.25) is 0 Å². The average Bonchev–Trinajstić information content (AvgIpc) is 3.34. The molecule has 0 atom stereocenters. The van der Waals surface area contributed by atoms with Crippen molar-refractivity contribution in [1.82, 2.24) is 0 Å². The Bertz CT molecular complexity index is 1910. The zero-order chi connectivity index (χ0) is 29.7. The first-order chi connectivity index (χ1) is 21.0. The van der Waals surface area contributed by atoms with E-state index >= 15 is 0 Å². The Kier molecular flexibility index (Phi) is 5.93. The van der Waals surface area contributed by atoms with Gasteiger partial charge in [0.2, 0.25) is 0 Å². The molecule has 0 saturated carbocycles. The Morgan fingerprint density at radius 3 is 1.63 bits per heavy atom. The van der Waals surface area contributed by atoms with Crippen molar-refractivity contribution in [3.05, 3.63) is 124 Å². The second kappa shape index (κ2) is 9.39. The van der Waals surface area contributed by atoms with Crippen molar-refractivity contribution in [2.75, 3.05) is 27.3 Å². The summed E-state index contributed by atoms with van der Waals surface area (Å²) in [5.41, 5.74) is 5.12. The van der Waals surface area contributed by atoms with E-state index in [2.05, 4.69) is 23.2 Å². The molecule has 0 unspecified atom stereocenters. The van der Waals surface area contributed by atoms with Gasteiger partial charge in [0.15, 0.2) is 0 Å². The third-order valence-electron chi connectivity index (χ3n) is 8.48.